The van der Waals surface area contributed by atoms with Gasteiger partial charge in [0.25, 0.3) is 5.91 Å². The Bertz CT molecular complexity index is 1280. The summed E-state index contributed by atoms with van der Waals surface area (Å²) in [6.45, 7) is 4.36. The molecule has 8 nitrogen and oxygen atoms in total. The highest BCUT2D eigenvalue weighted by atomic mass is 35.5. The zero-order valence-electron chi connectivity index (χ0n) is 18.6. The number of rotatable bonds is 9. The van der Waals surface area contributed by atoms with E-state index in [2.05, 4.69) is 20.7 Å². The van der Waals surface area contributed by atoms with Crippen molar-refractivity contribution in [2.24, 2.45) is 5.10 Å². The molecular weight excluding hydrogens is 474 g/mol. The van der Waals surface area contributed by atoms with Gasteiger partial charge in [0.1, 0.15) is 17.3 Å². The predicted octanol–water partition coefficient (Wildman–Crippen LogP) is 5.13. The first-order valence-corrected chi connectivity index (χ1v) is 11.9. The topological polar surface area (TPSA) is 94.5 Å². The summed E-state index contributed by atoms with van der Waals surface area (Å²) in [5, 5.41) is 13.8. The van der Waals surface area contributed by atoms with Crippen LogP contribution in [-0.4, -0.2) is 39.2 Å². The van der Waals surface area contributed by atoms with Crippen LogP contribution in [0, 0.1) is 6.92 Å². The highest BCUT2D eigenvalue weighted by molar-refractivity contribution is 7.99. The van der Waals surface area contributed by atoms with E-state index in [0.29, 0.717) is 28.4 Å². The molecule has 0 unspecified atom stereocenters. The Kier molecular flexibility index (Phi) is 7.66. The van der Waals surface area contributed by atoms with Crippen LogP contribution < -0.4 is 10.2 Å². The number of thioether (sulfide) groups is 1. The van der Waals surface area contributed by atoms with Gasteiger partial charge in [-0.1, -0.05) is 23.4 Å². The summed E-state index contributed by atoms with van der Waals surface area (Å²) in [5.74, 6) is 2.56. The van der Waals surface area contributed by atoms with Crippen molar-refractivity contribution in [2.45, 2.75) is 19.0 Å². The Labute approximate surface area is 206 Å². The Hall–Kier alpha value is -3.56. The normalized spacial score (nSPS) is 11.1. The number of aryl methyl sites for hydroxylation is 1. The number of furan rings is 1. The zero-order chi connectivity index (χ0) is 23.9. The number of hydrogen-bond acceptors (Lipinski definition) is 7. The molecule has 2 heterocycles. The second kappa shape index (κ2) is 11.0. The molecule has 1 amide bonds. The highest BCUT2D eigenvalue weighted by Gasteiger charge is 2.17. The zero-order valence-corrected chi connectivity index (χ0v) is 20.1. The molecule has 0 bridgehead atoms. The average Bonchev–Trinajstić information content (AvgIpc) is 3.45. The molecule has 0 aliphatic heterocycles. The van der Waals surface area contributed by atoms with Crippen molar-refractivity contribution in [1.82, 2.24) is 20.2 Å². The van der Waals surface area contributed by atoms with Gasteiger partial charge in [0.05, 0.1) is 18.6 Å². The third kappa shape index (κ3) is 5.86. The number of amides is 1. The van der Waals surface area contributed by atoms with E-state index in [0.717, 1.165) is 22.8 Å². The van der Waals surface area contributed by atoms with Crippen LogP contribution >= 0.6 is 23.4 Å². The number of hydrogen-bond donors (Lipinski definition) is 1. The quantitative estimate of drug-likeness (QED) is 0.196. The third-order valence-corrected chi connectivity index (χ3v) is 5.80. The van der Waals surface area contributed by atoms with Gasteiger partial charge in [0, 0.05) is 16.3 Å². The smallest absolute Gasteiger partial charge is 0.250 e. The van der Waals surface area contributed by atoms with Crippen molar-refractivity contribution in [1.29, 1.82) is 0 Å². The molecule has 0 saturated heterocycles. The fourth-order valence-electron chi connectivity index (χ4n) is 3.09. The largest absolute Gasteiger partial charge is 0.494 e. The van der Waals surface area contributed by atoms with E-state index >= 15 is 0 Å². The Morgan fingerprint density at radius 1 is 1.15 bits per heavy atom. The van der Waals surface area contributed by atoms with Gasteiger partial charge < -0.3 is 9.15 Å². The number of aromatic nitrogens is 3. The van der Waals surface area contributed by atoms with Crippen LogP contribution in [0.1, 0.15) is 18.4 Å². The van der Waals surface area contributed by atoms with Gasteiger partial charge in [0.15, 0.2) is 11.0 Å². The van der Waals surface area contributed by atoms with Crippen LogP contribution in [-0.2, 0) is 4.79 Å². The molecule has 1 N–H and O–H groups in total. The summed E-state index contributed by atoms with van der Waals surface area (Å²) in [6.07, 6.45) is 1.45. The summed E-state index contributed by atoms with van der Waals surface area (Å²) < 4.78 is 12.8. The van der Waals surface area contributed by atoms with E-state index in [9.17, 15) is 4.79 Å². The summed E-state index contributed by atoms with van der Waals surface area (Å²) in [7, 11) is 0. The lowest BCUT2D eigenvalue weighted by Gasteiger charge is -2.11. The van der Waals surface area contributed by atoms with Crippen molar-refractivity contribution < 1.29 is 13.9 Å². The van der Waals surface area contributed by atoms with Crippen LogP contribution in [0.3, 0.4) is 0 Å². The summed E-state index contributed by atoms with van der Waals surface area (Å²) in [4.78, 5) is 12.3. The standard InChI is InChI=1S/C24H22ClN5O3S/c1-3-32-20-12-9-19(10-13-20)30-23(17-5-7-18(25)8-6-17)28-29-24(30)34-15-22(31)27-26-14-21-11-4-16(2)33-21/h4-14H,3,15H2,1-2H3,(H,27,31). The molecule has 4 aromatic rings. The number of nitrogens with one attached hydrogen (secondary N) is 1. The monoisotopic (exact) mass is 495 g/mol. The van der Waals surface area contributed by atoms with Gasteiger partial charge in [-0.3, -0.25) is 9.36 Å². The molecule has 174 valence electrons. The summed E-state index contributed by atoms with van der Waals surface area (Å²) in [6, 6.07) is 18.6. The summed E-state index contributed by atoms with van der Waals surface area (Å²) >= 11 is 7.31. The molecule has 0 atom stereocenters. The first-order chi connectivity index (χ1) is 16.5. The molecule has 10 heteroatoms. The Balaban J connectivity index is 1.53. The maximum atomic E-state index is 12.3. The lowest BCUT2D eigenvalue weighted by molar-refractivity contribution is -0.118. The van der Waals surface area contributed by atoms with Gasteiger partial charge >= 0.3 is 0 Å². The number of nitrogens with zero attached hydrogens (tertiary/aromatic N) is 4. The number of carbonyl (C=O) groups is 1. The van der Waals surface area contributed by atoms with Crippen molar-refractivity contribution in [3.63, 3.8) is 0 Å². The molecule has 2 aromatic carbocycles. The fourth-order valence-corrected chi connectivity index (χ4v) is 3.96. The van der Waals surface area contributed by atoms with E-state index in [1.54, 1.807) is 18.2 Å². The van der Waals surface area contributed by atoms with Gasteiger partial charge in [-0.05, 0) is 74.5 Å². The molecule has 0 saturated carbocycles. The van der Waals surface area contributed by atoms with Crippen molar-refractivity contribution in [3.05, 3.63) is 77.2 Å². The number of ether oxygens (including phenoxy) is 1. The Morgan fingerprint density at radius 2 is 1.91 bits per heavy atom. The number of halogens is 1. The highest BCUT2D eigenvalue weighted by Crippen LogP contribution is 2.29. The van der Waals surface area contributed by atoms with Gasteiger partial charge in [0.2, 0.25) is 0 Å². The van der Waals surface area contributed by atoms with Crippen LogP contribution in [0.2, 0.25) is 5.02 Å². The molecule has 4 rings (SSSR count). The van der Waals surface area contributed by atoms with Crippen LogP contribution in [0.5, 0.6) is 5.75 Å². The Morgan fingerprint density at radius 3 is 2.59 bits per heavy atom. The first-order valence-electron chi connectivity index (χ1n) is 10.5. The SMILES string of the molecule is CCOc1ccc(-n2c(SCC(=O)NN=Cc3ccc(C)o3)nnc2-c2ccc(Cl)cc2)cc1. The van der Waals surface area contributed by atoms with E-state index in [1.807, 2.05) is 60.9 Å². The summed E-state index contributed by atoms with van der Waals surface area (Å²) in [5.41, 5.74) is 4.19. The molecule has 0 aliphatic rings. The van der Waals surface area contributed by atoms with Gasteiger partial charge in [-0.25, -0.2) is 5.43 Å². The molecule has 0 radical (unpaired) electrons. The second-order valence-electron chi connectivity index (χ2n) is 7.11. The lowest BCUT2D eigenvalue weighted by atomic mass is 10.2. The minimum absolute atomic E-state index is 0.101. The van der Waals surface area contributed by atoms with E-state index in [-0.39, 0.29) is 11.7 Å². The first kappa shape index (κ1) is 23.6. The molecule has 0 aliphatic carbocycles. The minimum Gasteiger partial charge on any atom is -0.494 e. The van der Waals surface area contributed by atoms with Crippen molar-refractivity contribution in [2.75, 3.05) is 12.4 Å². The van der Waals surface area contributed by atoms with Crippen LogP contribution in [0.25, 0.3) is 17.1 Å². The fraction of sp³-hybridized carbons (Fsp3) is 0.167. The lowest BCUT2D eigenvalue weighted by Crippen LogP contribution is -2.19. The van der Waals surface area contributed by atoms with Crippen molar-refractivity contribution >= 4 is 35.5 Å². The molecule has 34 heavy (non-hydrogen) atoms. The maximum absolute atomic E-state index is 12.3. The number of hydrazone groups is 1. The van der Waals surface area contributed by atoms with E-state index in [1.165, 1.54) is 18.0 Å². The molecule has 2 aromatic heterocycles. The predicted molar refractivity (Wildman–Crippen MR) is 133 cm³/mol. The van der Waals surface area contributed by atoms with Crippen molar-refractivity contribution in [3.8, 4) is 22.8 Å². The second-order valence-corrected chi connectivity index (χ2v) is 8.48. The van der Waals surface area contributed by atoms with E-state index < -0.39 is 0 Å². The molecule has 0 fully saturated rings. The molecular formula is C24H22ClN5O3S. The number of benzene rings is 2. The minimum atomic E-state index is -0.279. The average molecular weight is 496 g/mol. The van der Waals surface area contributed by atoms with E-state index in [4.69, 9.17) is 20.8 Å². The van der Waals surface area contributed by atoms with Gasteiger partial charge in [-0.2, -0.15) is 5.10 Å². The molecule has 0 spiro atoms. The van der Waals surface area contributed by atoms with Gasteiger partial charge in [-0.15, -0.1) is 10.2 Å². The maximum Gasteiger partial charge on any atom is 0.250 e. The van der Waals surface area contributed by atoms with Crippen LogP contribution in [0.15, 0.2) is 75.3 Å². The third-order valence-electron chi connectivity index (χ3n) is 4.62. The number of carbonyl (C=O) groups excluding carboxylic acids is 1. The van der Waals surface area contributed by atoms with Crippen LogP contribution in [0.4, 0.5) is 0 Å².